The van der Waals surface area contributed by atoms with Gasteiger partial charge in [0.15, 0.2) is 0 Å². The van der Waals surface area contributed by atoms with E-state index in [1.165, 1.54) is 24.1 Å². The second-order valence-electron chi connectivity index (χ2n) is 2.75. The van der Waals surface area contributed by atoms with Crippen molar-refractivity contribution in [3.63, 3.8) is 0 Å². The molecule has 0 heterocycles. The Bertz CT molecular complexity index is 199. The molecule has 0 aromatic carbocycles. The normalized spacial score (nSPS) is 18.3. The summed E-state index contributed by atoms with van der Waals surface area (Å²) in [5, 5.41) is 0. The smallest absolute Gasteiger partial charge is 0.0431 e. The van der Waals surface area contributed by atoms with Crippen molar-refractivity contribution in [1.82, 2.24) is 0 Å². The highest BCUT2D eigenvalue weighted by Crippen LogP contribution is 2.26. The van der Waals surface area contributed by atoms with Crippen molar-refractivity contribution in [2.24, 2.45) is 4.99 Å². The molecule has 0 N–H and O–H groups in total. The third-order valence-electron chi connectivity index (χ3n) is 1.91. The Balaban J connectivity index is 2.66. The molecule has 0 aromatic rings. The molecule has 0 spiro atoms. The van der Waals surface area contributed by atoms with Gasteiger partial charge in [-0.05, 0) is 31.3 Å². The van der Waals surface area contributed by atoms with Crippen LogP contribution < -0.4 is 0 Å². The molecule has 1 aliphatic carbocycles. The molecule has 1 rings (SSSR count). The van der Waals surface area contributed by atoms with Gasteiger partial charge in [-0.3, -0.25) is 4.99 Å². The van der Waals surface area contributed by atoms with Crippen LogP contribution >= 0.6 is 0 Å². The third-order valence-corrected chi connectivity index (χ3v) is 1.91. The Labute approximate surface area is 68.5 Å². The molecule has 1 aliphatic rings. The number of allylic oxidation sites excluding steroid dienone is 3. The molecule has 0 atom stereocenters. The maximum atomic E-state index is 4.38. The molecular formula is C10H15N. The summed E-state index contributed by atoms with van der Waals surface area (Å²) in [6.45, 7) is 5.87. The maximum Gasteiger partial charge on any atom is 0.0431 e. The molecule has 0 aliphatic heterocycles. The lowest BCUT2D eigenvalue weighted by Crippen LogP contribution is -1.77. The number of hydrogen-bond donors (Lipinski definition) is 0. The van der Waals surface area contributed by atoms with Crippen LogP contribution in [0.2, 0.25) is 0 Å². The quantitative estimate of drug-likeness (QED) is 0.547. The lowest BCUT2D eigenvalue weighted by molar-refractivity contribution is 0.894. The summed E-state index contributed by atoms with van der Waals surface area (Å²) >= 11 is 0. The van der Waals surface area contributed by atoms with E-state index in [4.69, 9.17) is 0 Å². The molecule has 0 bridgehead atoms. The van der Waals surface area contributed by atoms with Crippen molar-refractivity contribution in [2.45, 2.75) is 32.6 Å². The molecule has 0 amide bonds. The van der Waals surface area contributed by atoms with Gasteiger partial charge in [0.05, 0.1) is 0 Å². The highest BCUT2D eigenvalue weighted by molar-refractivity contribution is 5.59. The van der Waals surface area contributed by atoms with Crippen LogP contribution in [0.1, 0.15) is 32.6 Å². The Morgan fingerprint density at radius 2 is 2.36 bits per heavy atom. The van der Waals surface area contributed by atoms with Gasteiger partial charge >= 0.3 is 0 Å². The Hall–Kier alpha value is -0.850. The van der Waals surface area contributed by atoms with Crippen molar-refractivity contribution < 1.29 is 0 Å². The molecule has 0 aromatic heterocycles. The first-order valence-corrected chi connectivity index (χ1v) is 4.25. The fraction of sp³-hybridized carbons (Fsp3) is 0.500. The van der Waals surface area contributed by atoms with E-state index in [0.29, 0.717) is 0 Å². The fourth-order valence-electron chi connectivity index (χ4n) is 1.32. The number of nitrogens with zero attached hydrogens (tertiary/aromatic N) is 1. The minimum Gasteiger partial charge on any atom is -0.265 e. The summed E-state index contributed by atoms with van der Waals surface area (Å²) in [5.74, 6) is 0. The Morgan fingerprint density at radius 3 is 3.00 bits per heavy atom. The van der Waals surface area contributed by atoms with Gasteiger partial charge in [0.25, 0.3) is 0 Å². The zero-order valence-corrected chi connectivity index (χ0v) is 7.14. The van der Waals surface area contributed by atoms with E-state index in [0.717, 1.165) is 12.8 Å². The van der Waals surface area contributed by atoms with Gasteiger partial charge in [-0.2, -0.15) is 0 Å². The van der Waals surface area contributed by atoms with Crippen LogP contribution in [0.3, 0.4) is 0 Å². The number of rotatable bonds is 3. The summed E-state index contributed by atoms with van der Waals surface area (Å²) in [5.41, 5.74) is 2.59. The van der Waals surface area contributed by atoms with Crippen LogP contribution in [0.5, 0.6) is 0 Å². The minimum atomic E-state index is 1.02. The number of hydrogen-bond acceptors (Lipinski definition) is 1. The Kier molecular flexibility index (Phi) is 3.09. The molecule has 0 unspecified atom stereocenters. The molecule has 60 valence electrons. The van der Waals surface area contributed by atoms with E-state index in [9.17, 15) is 0 Å². The maximum absolute atomic E-state index is 4.38. The standard InChI is InChI=1S/C10H15N/c1-3-8-11-10-7-5-6-9(10)4-2/h4,8H,2-3,5-7H2,1H3. The molecule has 1 nitrogen and oxygen atoms in total. The van der Waals surface area contributed by atoms with E-state index < -0.39 is 0 Å². The van der Waals surface area contributed by atoms with Crippen molar-refractivity contribution in [1.29, 1.82) is 0 Å². The van der Waals surface area contributed by atoms with Gasteiger partial charge in [0.2, 0.25) is 0 Å². The predicted octanol–water partition coefficient (Wildman–Crippen LogP) is 3.09. The molecule has 0 saturated carbocycles. The average Bonchev–Trinajstić information content (AvgIpc) is 2.47. The predicted molar refractivity (Wildman–Crippen MR) is 49.9 cm³/mol. The van der Waals surface area contributed by atoms with E-state index in [2.05, 4.69) is 18.5 Å². The lowest BCUT2D eigenvalue weighted by Gasteiger charge is -1.93. The van der Waals surface area contributed by atoms with Crippen LogP contribution in [0.15, 0.2) is 28.9 Å². The third kappa shape index (κ3) is 2.04. The molecule has 1 heteroatoms. The van der Waals surface area contributed by atoms with Crippen LogP contribution in [0.4, 0.5) is 0 Å². The van der Waals surface area contributed by atoms with Gasteiger partial charge in [0, 0.05) is 11.9 Å². The second-order valence-corrected chi connectivity index (χ2v) is 2.75. The molecule has 0 saturated heterocycles. The van der Waals surface area contributed by atoms with Gasteiger partial charge in [-0.25, -0.2) is 0 Å². The lowest BCUT2D eigenvalue weighted by atomic mass is 10.2. The zero-order valence-electron chi connectivity index (χ0n) is 7.14. The second kappa shape index (κ2) is 4.12. The van der Waals surface area contributed by atoms with E-state index in [1.54, 1.807) is 0 Å². The monoisotopic (exact) mass is 149 g/mol. The zero-order chi connectivity index (χ0) is 8.10. The van der Waals surface area contributed by atoms with Crippen LogP contribution in [0, 0.1) is 0 Å². The highest BCUT2D eigenvalue weighted by Gasteiger charge is 2.09. The molecule has 0 radical (unpaired) electrons. The van der Waals surface area contributed by atoms with Crippen molar-refractivity contribution >= 4 is 6.21 Å². The van der Waals surface area contributed by atoms with Crippen LogP contribution in [-0.4, -0.2) is 6.21 Å². The van der Waals surface area contributed by atoms with Gasteiger partial charge in [0.1, 0.15) is 0 Å². The van der Waals surface area contributed by atoms with E-state index >= 15 is 0 Å². The van der Waals surface area contributed by atoms with Crippen LogP contribution in [-0.2, 0) is 0 Å². The van der Waals surface area contributed by atoms with Gasteiger partial charge in [-0.15, -0.1) is 0 Å². The van der Waals surface area contributed by atoms with Crippen molar-refractivity contribution in [2.75, 3.05) is 0 Å². The minimum absolute atomic E-state index is 1.02. The fourth-order valence-corrected chi connectivity index (χ4v) is 1.32. The number of aliphatic imine (C=N–C) groups is 1. The van der Waals surface area contributed by atoms with Crippen molar-refractivity contribution in [3.05, 3.63) is 23.9 Å². The summed E-state index contributed by atoms with van der Waals surface area (Å²) in [6.07, 6.45) is 8.49. The topological polar surface area (TPSA) is 12.4 Å². The summed E-state index contributed by atoms with van der Waals surface area (Å²) < 4.78 is 0. The van der Waals surface area contributed by atoms with E-state index in [1.807, 2.05) is 12.3 Å². The molecule has 0 fully saturated rings. The van der Waals surface area contributed by atoms with Gasteiger partial charge in [-0.1, -0.05) is 19.6 Å². The summed E-state index contributed by atoms with van der Waals surface area (Å²) in [6, 6.07) is 0. The SMILES string of the molecule is C=CC1=C(N=CCC)CCC1. The average molecular weight is 149 g/mol. The van der Waals surface area contributed by atoms with E-state index in [-0.39, 0.29) is 0 Å². The highest BCUT2D eigenvalue weighted by atomic mass is 14.7. The van der Waals surface area contributed by atoms with Crippen molar-refractivity contribution in [3.8, 4) is 0 Å². The van der Waals surface area contributed by atoms with Gasteiger partial charge < -0.3 is 0 Å². The first kappa shape index (κ1) is 8.25. The first-order chi connectivity index (χ1) is 5.38. The largest absolute Gasteiger partial charge is 0.265 e. The Morgan fingerprint density at radius 1 is 1.55 bits per heavy atom. The molecule has 11 heavy (non-hydrogen) atoms. The molecular weight excluding hydrogens is 134 g/mol. The summed E-state index contributed by atoms with van der Waals surface area (Å²) in [7, 11) is 0. The summed E-state index contributed by atoms with van der Waals surface area (Å²) in [4.78, 5) is 4.38. The van der Waals surface area contributed by atoms with Crippen LogP contribution in [0.25, 0.3) is 0 Å². The first-order valence-electron chi connectivity index (χ1n) is 4.25.